The molecule has 1 fully saturated rings. The van der Waals surface area contributed by atoms with Crippen LogP contribution in [-0.4, -0.2) is 45.8 Å². The summed E-state index contributed by atoms with van der Waals surface area (Å²) in [5.41, 5.74) is 0.446. The number of anilines is 1. The molecule has 2 amide bonds. The Labute approximate surface area is 105 Å². The fourth-order valence-corrected chi connectivity index (χ4v) is 1.69. The largest absolute Gasteiger partial charge is 0.369 e. The molecule has 7 nitrogen and oxygen atoms in total. The maximum absolute atomic E-state index is 11.8. The Morgan fingerprint density at radius 1 is 1.33 bits per heavy atom. The van der Waals surface area contributed by atoms with Gasteiger partial charge in [0.2, 0.25) is 5.88 Å². The van der Waals surface area contributed by atoms with Gasteiger partial charge < -0.3 is 14.7 Å². The SMILES string of the molecule is CN1C(=O)N(c2cc(C(C)(C)C)no2)C(O)C1O. The third-order valence-electron chi connectivity index (χ3n) is 2.94. The van der Waals surface area contributed by atoms with E-state index in [1.807, 2.05) is 20.8 Å². The Morgan fingerprint density at radius 3 is 2.33 bits per heavy atom. The smallest absolute Gasteiger partial charge is 0.331 e. The molecule has 1 aliphatic heterocycles. The quantitative estimate of drug-likeness (QED) is 0.761. The summed E-state index contributed by atoms with van der Waals surface area (Å²) in [5.74, 6) is 0.126. The van der Waals surface area contributed by atoms with E-state index in [0.717, 1.165) is 9.80 Å². The summed E-state index contributed by atoms with van der Waals surface area (Å²) >= 11 is 0. The molecule has 0 radical (unpaired) electrons. The van der Waals surface area contributed by atoms with Crippen LogP contribution < -0.4 is 4.90 Å². The maximum atomic E-state index is 11.8. The molecule has 100 valence electrons. The second-order valence-electron chi connectivity index (χ2n) is 5.39. The van der Waals surface area contributed by atoms with Crippen LogP contribution in [0.3, 0.4) is 0 Å². The standard InChI is InChI=1S/C11H17N3O4/c1-11(2,3)6-5-7(18-12-6)14-9(16)8(15)13(4)10(14)17/h5,8-9,15-16H,1-4H3. The molecule has 1 aromatic rings. The van der Waals surface area contributed by atoms with E-state index in [0.29, 0.717) is 5.69 Å². The number of aliphatic hydroxyl groups excluding tert-OH is 2. The molecule has 1 aromatic heterocycles. The van der Waals surface area contributed by atoms with E-state index in [9.17, 15) is 15.0 Å². The van der Waals surface area contributed by atoms with E-state index in [2.05, 4.69) is 5.16 Å². The van der Waals surface area contributed by atoms with Gasteiger partial charge >= 0.3 is 6.03 Å². The van der Waals surface area contributed by atoms with Gasteiger partial charge in [0.05, 0.1) is 5.69 Å². The van der Waals surface area contributed by atoms with Gasteiger partial charge in [-0.25, -0.2) is 9.69 Å². The van der Waals surface area contributed by atoms with Gasteiger partial charge in [0.25, 0.3) is 0 Å². The average Bonchev–Trinajstić information content (AvgIpc) is 2.81. The van der Waals surface area contributed by atoms with Crippen molar-refractivity contribution in [3.63, 3.8) is 0 Å². The topological polar surface area (TPSA) is 90.0 Å². The van der Waals surface area contributed by atoms with Gasteiger partial charge in [-0.3, -0.25) is 4.90 Å². The van der Waals surface area contributed by atoms with E-state index >= 15 is 0 Å². The van der Waals surface area contributed by atoms with Crippen molar-refractivity contribution in [2.45, 2.75) is 38.6 Å². The molecule has 2 unspecified atom stereocenters. The lowest BCUT2D eigenvalue weighted by Gasteiger charge is -2.15. The first-order valence-corrected chi connectivity index (χ1v) is 5.63. The summed E-state index contributed by atoms with van der Waals surface area (Å²) in [7, 11) is 1.40. The van der Waals surface area contributed by atoms with Gasteiger partial charge in [-0.15, -0.1) is 0 Å². The van der Waals surface area contributed by atoms with Crippen molar-refractivity contribution in [1.29, 1.82) is 0 Å². The number of hydrogen-bond acceptors (Lipinski definition) is 5. The highest BCUT2D eigenvalue weighted by atomic mass is 16.5. The molecule has 0 spiro atoms. The monoisotopic (exact) mass is 255 g/mol. The Kier molecular flexibility index (Phi) is 2.83. The number of rotatable bonds is 1. The van der Waals surface area contributed by atoms with Crippen LogP contribution in [-0.2, 0) is 5.41 Å². The van der Waals surface area contributed by atoms with Crippen molar-refractivity contribution >= 4 is 11.9 Å². The highest BCUT2D eigenvalue weighted by Gasteiger charge is 2.45. The number of nitrogens with zero attached hydrogens (tertiary/aromatic N) is 3. The van der Waals surface area contributed by atoms with Gasteiger partial charge in [0.15, 0.2) is 12.5 Å². The number of carbonyl (C=O) groups excluding carboxylic acids is 1. The summed E-state index contributed by atoms with van der Waals surface area (Å²) in [5, 5.41) is 23.2. The lowest BCUT2D eigenvalue weighted by atomic mass is 9.92. The van der Waals surface area contributed by atoms with Crippen LogP contribution in [0.15, 0.2) is 10.6 Å². The van der Waals surface area contributed by atoms with Crippen molar-refractivity contribution in [3.05, 3.63) is 11.8 Å². The van der Waals surface area contributed by atoms with Gasteiger partial charge in [-0.05, 0) is 0 Å². The third kappa shape index (κ3) is 1.85. The molecule has 2 heterocycles. The summed E-state index contributed by atoms with van der Waals surface area (Å²) in [6.45, 7) is 5.87. The molecular formula is C11H17N3O4. The van der Waals surface area contributed by atoms with Crippen molar-refractivity contribution < 1.29 is 19.5 Å². The maximum Gasteiger partial charge on any atom is 0.331 e. The number of aromatic nitrogens is 1. The van der Waals surface area contributed by atoms with Crippen molar-refractivity contribution in [1.82, 2.24) is 10.1 Å². The molecule has 0 bridgehead atoms. The second-order valence-corrected chi connectivity index (χ2v) is 5.39. The zero-order valence-electron chi connectivity index (χ0n) is 10.8. The lowest BCUT2D eigenvalue weighted by molar-refractivity contribution is -0.0190. The fourth-order valence-electron chi connectivity index (χ4n) is 1.69. The molecule has 7 heteroatoms. The molecule has 0 aliphatic carbocycles. The summed E-state index contributed by atoms with van der Waals surface area (Å²) in [6.07, 6.45) is -2.64. The first-order chi connectivity index (χ1) is 8.23. The number of amides is 2. The van der Waals surface area contributed by atoms with Crippen LogP contribution in [0.4, 0.5) is 10.7 Å². The molecule has 0 aromatic carbocycles. The van der Waals surface area contributed by atoms with Crippen LogP contribution in [0.5, 0.6) is 0 Å². The van der Waals surface area contributed by atoms with Crippen molar-refractivity contribution in [2.24, 2.45) is 0 Å². The van der Waals surface area contributed by atoms with E-state index in [1.54, 1.807) is 6.07 Å². The summed E-state index contributed by atoms with van der Waals surface area (Å²) in [4.78, 5) is 13.8. The molecule has 1 aliphatic rings. The van der Waals surface area contributed by atoms with E-state index in [1.165, 1.54) is 7.05 Å². The van der Waals surface area contributed by atoms with E-state index in [4.69, 9.17) is 4.52 Å². The van der Waals surface area contributed by atoms with Crippen LogP contribution in [0, 0.1) is 0 Å². The lowest BCUT2D eigenvalue weighted by Crippen LogP contribution is -2.36. The molecule has 2 N–H and O–H groups in total. The summed E-state index contributed by atoms with van der Waals surface area (Å²) < 4.78 is 5.07. The van der Waals surface area contributed by atoms with Crippen LogP contribution >= 0.6 is 0 Å². The molecule has 18 heavy (non-hydrogen) atoms. The minimum absolute atomic E-state index is 0.126. The zero-order valence-corrected chi connectivity index (χ0v) is 10.8. The third-order valence-corrected chi connectivity index (χ3v) is 2.94. The minimum Gasteiger partial charge on any atom is -0.369 e. The van der Waals surface area contributed by atoms with E-state index in [-0.39, 0.29) is 11.3 Å². The van der Waals surface area contributed by atoms with Gasteiger partial charge in [0, 0.05) is 18.5 Å². The van der Waals surface area contributed by atoms with E-state index < -0.39 is 18.5 Å². The molecule has 2 rings (SSSR count). The van der Waals surface area contributed by atoms with Crippen molar-refractivity contribution in [2.75, 3.05) is 11.9 Å². The van der Waals surface area contributed by atoms with Gasteiger partial charge in [0.1, 0.15) is 0 Å². The zero-order chi connectivity index (χ0) is 13.7. The number of likely N-dealkylation sites (N-methyl/N-ethyl adjacent to an activating group) is 1. The molecule has 1 saturated heterocycles. The highest BCUT2D eigenvalue weighted by Crippen LogP contribution is 2.30. The predicted octanol–water partition coefficient (Wildman–Crippen LogP) is 0.481. The number of aliphatic hydroxyl groups is 2. The highest BCUT2D eigenvalue weighted by molar-refractivity contribution is 5.93. The van der Waals surface area contributed by atoms with Crippen LogP contribution in [0.1, 0.15) is 26.5 Å². The number of urea groups is 1. The normalized spacial score (nSPS) is 25.1. The number of hydrogen-bond donors (Lipinski definition) is 2. The average molecular weight is 255 g/mol. The first kappa shape index (κ1) is 12.8. The second kappa shape index (κ2) is 3.96. The minimum atomic E-state index is -1.36. The van der Waals surface area contributed by atoms with Gasteiger partial charge in [-0.1, -0.05) is 25.9 Å². The van der Waals surface area contributed by atoms with Crippen LogP contribution in [0.2, 0.25) is 0 Å². The predicted molar refractivity (Wildman–Crippen MR) is 62.9 cm³/mol. The molecule has 0 saturated carbocycles. The number of carbonyl (C=O) groups is 1. The first-order valence-electron chi connectivity index (χ1n) is 5.63. The molecular weight excluding hydrogens is 238 g/mol. The Bertz CT molecular complexity index is 465. The molecule has 2 atom stereocenters. The van der Waals surface area contributed by atoms with Crippen molar-refractivity contribution in [3.8, 4) is 0 Å². The Balaban J connectivity index is 2.33. The summed E-state index contributed by atoms with van der Waals surface area (Å²) in [6, 6.07) is 1.05. The van der Waals surface area contributed by atoms with Gasteiger partial charge in [-0.2, -0.15) is 0 Å². The Hall–Kier alpha value is -1.60. The van der Waals surface area contributed by atoms with Crippen LogP contribution in [0.25, 0.3) is 0 Å². The fraction of sp³-hybridized carbons (Fsp3) is 0.636. The Morgan fingerprint density at radius 2 is 1.94 bits per heavy atom.